The lowest BCUT2D eigenvalue weighted by Gasteiger charge is -2.20. The molecule has 0 spiro atoms. The van der Waals surface area contributed by atoms with Crippen LogP contribution >= 0.6 is 11.3 Å². The van der Waals surface area contributed by atoms with Gasteiger partial charge in [0.05, 0.1) is 4.92 Å². The number of anilines is 1. The molecule has 0 unspecified atom stereocenters. The second kappa shape index (κ2) is 7.06. The van der Waals surface area contributed by atoms with E-state index < -0.39 is 10.8 Å². The highest BCUT2D eigenvalue weighted by molar-refractivity contribution is 7.15. The molecular weight excluding hydrogens is 328 g/mol. The summed E-state index contributed by atoms with van der Waals surface area (Å²) in [4.78, 5) is 28.4. The van der Waals surface area contributed by atoms with Gasteiger partial charge in [0.15, 0.2) is 5.13 Å². The molecule has 1 saturated heterocycles. The number of hydrogen-bond donors (Lipinski definition) is 2. The molecule has 24 heavy (non-hydrogen) atoms. The van der Waals surface area contributed by atoms with E-state index in [9.17, 15) is 14.9 Å². The Morgan fingerprint density at radius 2 is 2.17 bits per heavy atom. The lowest BCUT2D eigenvalue weighted by Crippen LogP contribution is -2.26. The summed E-state index contributed by atoms with van der Waals surface area (Å²) in [7, 11) is 0. The summed E-state index contributed by atoms with van der Waals surface area (Å²) in [5, 5.41) is 17.6. The van der Waals surface area contributed by atoms with Crippen LogP contribution in [0.15, 0.2) is 24.4 Å². The normalized spacial score (nSPS) is 15.2. The Kier molecular flexibility index (Phi) is 4.86. The zero-order valence-electron chi connectivity index (χ0n) is 13.2. The third-order valence-corrected chi connectivity index (χ3v) is 5.15. The first-order valence-corrected chi connectivity index (χ1v) is 8.59. The molecule has 2 N–H and O–H groups in total. The molecule has 0 radical (unpaired) electrons. The van der Waals surface area contributed by atoms with Gasteiger partial charge in [-0.1, -0.05) is 6.07 Å². The van der Waals surface area contributed by atoms with Crippen molar-refractivity contribution in [3.8, 4) is 0 Å². The van der Waals surface area contributed by atoms with Crippen LogP contribution in [-0.2, 0) is 0 Å². The van der Waals surface area contributed by atoms with E-state index >= 15 is 0 Å². The molecule has 126 valence electrons. The Hall–Kier alpha value is -2.32. The molecule has 3 rings (SSSR count). The fourth-order valence-corrected chi connectivity index (χ4v) is 3.78. The minimum absolute atomic E-state index is 0.0543. The van der Waals surface area contributed by atoms with Crippen LogP contribution in [0.3, 0.4) is 0 Å². The first-order chi connectivity index (χ1) is 11.5. The predicted molar refractivity (Wildman–Crippen MR) is 92.7 cm³/mol. The van der Waals surface area contributed by atoms with E-state index in [-0.39, 0.29) is 11.3 Å². The van der Waals surface area contributed by atoms with E-state index in [4.69, 9.17) is 0 Å². The van der Waals surface area contributed by atoms with Crippen molar-refractivity contribution in [2.24, 2.45) is 0 Å². The van der Waals surface area contributed by atoms with E-state index in [2.05, 4.69) is 15.6 Å². The number of hydrogen-bond acceptors (Lipinski definition) is 6. The summed E-state index contributed by atoms with van der Waals surface area (Å²) >= 11 is 1.44. The van der Waals surface area contributed by atoms with E-state index in [0.717, 1.165) is 36.4 Å². The van der Waals surface area contributed by atoms with Crippen molar-refractivity contribution in [2.45, 2.75) is 25.7 Å². The van der Waals surface area contributed by atoms with E-state index in [1.807, 2.05) is 0 Å². The summed E-state index contributed by atoms with van der Waals surface area (Å²) in [6.45, 7) is 3.76. The number of carbonyl (C=O) groups is 1. The zero-order valence-corrected chi connectivity index (χ0v) is 14.1. The smallest absolute Gasteiger partial charge is 0.282 e. The van der Waals surface area contributed by atoms with Gasteiger partial charge >= 0.3 is 0 Å². The van der Waals surface area contributed by atoms with Gasteiger partial charge in [0.25, 0.3) is 11.6 Å². The largest absolute Gasteiger partial charge is 0.317 e. The fourth-order valence-electron chi connectivity index (χ4n) is 2.79. The lowest BCUT2D eigenvalue weighted by molar-refractivity contribution is -0.385. The van der Waals surface area contributed by atoms with Crippen LogP contribution in [0.25, 0.3) is 0 Å². The zero-order chi connectivity index (χ0) is 17.1. The fraction of sp³-hybridized carbons (Fsp3) is 0.375. The molecule has 1 aromatic carbocycles. The van der Waals surface area contributed by atoms with Crippen molar-refractivity contribution >= 4 is 28.1 Å². The molecule has 1 fully saturated rings. The molecule has 0 aliphatic carbocycles. The number of nitrogens with one attached hydrogen (secondary N) is 2. The van der Waals surface area contributed by atoms with Crippen LogP contribution in [-0.4, -0.2) is 28.9 Å². The molecule has 8 heteroatoms. The number of piperidine rings is 1. The van der Waals surface area contributed by atoms with Crippen LogP contribution in [0.4, 0.5) is 10.8 Å². The summed E-state index contributed by atoms with van der Waals surface area (Å²) in [5.41, 5.74) is 0.645. The Bertz CT molecular complexity index is 768. The number of rotatable bonds is 4. The van der Waals surface area contributed by atoms with Gasteiger partial charge in [-0.25, -0.2) is 4.98 Å². The van der Waals surface area contributed by atoms with E-state index in [1.165, 1.54) is 23.5 Å². The number of nitrogens with zero attached hydrogens (tertiary/aromatic N) is 2. The first-order valence-electron chi connectivity index (χ1n) is 7.77. The van der Waals surface area contributed by atoms with Gasteiger partial charge in [-0.05, 0) is 50.4 Å². The van der Waals surface area contributed by atoms with E-state index in [0.29, 0.717) is 11.0 Å². The number of amides is 1. The molecule has 1 amide bonds. The van der Waals surface area contributed by atoms with Crippen LogP contribution in [0.5, 0.6) is 0 Å². The first kappa shape index (κ1) is 16.5. The third-order valence-electron chi connectivity index (χ3n) is 4.08. The van der Waals surface area contributed by atoms with Gasteiger partial charge in [-0.2, -0.15) is 0 Å². The quantitative estimate of drug-likeness (QED) is 0.655. The molecule has 2 heterocycles. The highest BCUT2D eigenvalue weighted by atomic mass is 32.1. The molecule has 2 aromatic rings. The summed E-state index contributed by atoms with van der Waals surface area (Å²) in [6, 6.07) is 4.49. The lowest BCUT2D eigenvalue weighted by atomic mass is 9.97. The number of nitro groups is 1. The van der Waals surface area contributed by atoms with Gasteiger partial charge < -0.3 is 5.32 Å². The van der Waals surface area contributed by atoms with Gasteiger partial charge in [-0.3, -0.25) is 20.2 Å². The minimum Gasteiger partial charge on any atom is -0.317 e. The Morgan fingerprint density at radius 1 is 1.42 bits per heavy atom. The number of thiazole rings is 1. The second-order valence-corrected chi connectivity index (χ2v) is 6.89. The number of aryl methyl sites for hydroxylation is 1. The molecule has 1 aliphatic rings. The van der Waals surface area contributed by atoms with Gasteiger partial charge in [0.1, 0.15) is 5.56 Å². The average Bonchev–Trinajstić information content (AvgIpc) is 3.03. The maximum Gasteiger partial charge on any atom is 0.282 e. The number of aromatic nitrogens is 1. The van der Waals surface area contributed by atoms with E-state index in [1.54, 1.807) is 19.2 Å². The molecule has 0 saturated carbocycles. The molecule has 1 aliphatic heterocycles. The summed E-state index contributed by atoms with van der Waals surface area (Å²) < 4.78 is 0. The Morgan fingerprint density at radius 3 is 2.88 bits per heavy atom. The van der Waals surface area contributed by atoms with Crippen LogP contribution in [0.2, 0.25) is 0 Å². The average molecular weight is 346 g/mol. The molecule has 0 bridgehead atoms. The molecule has 7 nitrogen and oxygen atoms in total. The van der Waals surface area contributed by atoms with Gasteiger partial charge in [0, 0.05) is 17.1 Å². The van der Waals surface area contributed by atoms with Gasteiger partial charge in [-0.15, -0.1) is 11.3 Å². The van der Waals surface area contributed by atoms with Crippen molar-refractivity contribution < 1.29 is 9.72 Å². The van der Waals surface area contributed by atoms with Crippen molar-refractivity contribution in [3.05, 3.63) is 50.5 Å². The molecule has 0 atom stereocenters. The molecular formula is C16H18N4O3S. The van der Waals surface area contributed by atoms with Crippen molar-refractivity contribution in [1.82, 2.24) is 10.3 Å². The standard InChI is InChI=1S/C16H18N4O3S/c1-10-2-3-13(20(22)23)12(8-10)15(21)19-16-18-9-14(24-16)11-4-6-17-7-5-11/h2-3,8-9,11,17H,4-7H2,1H3,(H,18,19,21). The monoisotopic (exact) mass is 346 g/mol. The van der Waals surface area contributed by atoms with Crippen molar-refractivity contribution in [3.63, 3.8) is 0 Å². The SMILES string of the molecule is Cc1ccc([N+](=O)[O-])c(C(=O)Nc2ncc(C3CCNCC3)s2)c1. The maximum atomic E-state index is 12.4. The number of benzene rings is 1. The molecule has 1 aromatic heterocycles. The maximum absolute atomic E-state index is 12.4. The van der Waals surface area contributed by atoms with Crippen molar-refractivity contribution in [1.29, 1.82) is 0 Å². The number of carbonyl (C=O) groups excluding carboxylic acids is 1. The second-order valence-electron chi connectivity index (χ2n) is 5.82. The van der Waals surface area contributed by atoms with Crippen LogP contribution in [0, 0.1) is 17.0 Å². The summed E-state index contributed by atoms with van der Waals surface area (Å²) in [6.07, 6.45) is 3.90. The van der Waals surface area contributed by atoms with Crippen LogP contribution in [0.1, 0.15) is 39.6 Å². The topological polar surface area (TPSA) is 97.2 Å². The third kappa shape index (κ3) is 3.60. The highest BCUT2D eigenvalue weighted by Crippen LogP contribution is 2.32. The van der Waals surface area contributed by atoms with Gasteiger partial charge in [0.2, 0.25) is 0 Å². The predicted octanol–water partition coefficient (Wildman–Crippen LogP) is 3.08. The number of nitro benzene ring substituents is 1. The Labute approximate surface area is 143 Å². The minimum atomic E-state index is -0.545. The highest BCUT2D eigenvalue weighted by Gasteiger charge is 2.22. The Balaban J connectivity index is 1.77. The van der Waals surface area contributed by atoms with Crippen LogP contribution < -0.4 is 10.6 Å². The van der Waals surface area contributed by atoms with Crippen molar-refractivity contribution in [2.75, 3.05) is 18.4 Å². The summed E-state index contributed by atoms with van der Waals surface area (Å²) in [5.74, 6) is -0.0423.